The molecule has 1 heterocycles. The average molecular weight is 493 g/mol. The Hall–Kier alpha value is -3.00. The minimum atomic E-state index is -3.66. The summed E-state index contributed by atoms with van der Waals surface area (Å²) in [4.78, 5) is 15.9. The standard InChI is InChI=1S/C28H32N2O4S/c1-34-22-21-30(35(32,33)26-15-9-4-10-16-26)25-17-19-29(20-18-25)28(31)27(23-11-5-2-6-12-23)24-13-7-3-8-14-24/h2-16,25,27H,17-22H2,1H3. The van der Waals surface area contributed by atoms with Crippen LogP contribution in [0.4, 0.5) is 0 Å². The molecule has 0 spiro atoms. The van der Waals surface area contributed by atoms with E-state index in [2.05, 4.69) is 0 Å². The second-order valence-corrected chi connectivity index (χ2v) is 10.6. The van der Waals surface area contributed by atoms with Gasteiger partial charge in [-0.3, -0.25) is 4.79 Å². The zero-order valence-corrected chi connectivity index (χ0v) is 20.8. The summed E-state index contributed by atoms with van der Waals surface area (Å²) in [5, 5.41) is 0. The smallest absolute Gasteiger partial charge is 0.243 e. The van der Waals surface area contributed by atoms with Crippen LogP contribution in [-0.2, 0) is 19.6 Å². The quantitative estimate of drug-likeness (QED) is 0.450. The molecule has 0 unspecified atom stereocenters. The van der Waals surface area contributed by atoms with Gasteiger partial charge in [-0.25, -0.2) is 8.42 Å². The molecule has 6 nitrogen and oxygen atoms in total. The first-order valence-electron chi connectivity index (χ1n) is 12.0. The van der Waals surface area contributed by atoms with E-state index in [0.29, 0.717) is 32.5 Å². The number of amides is 1. The number of carbonyl (C=O) groups excluding carboxylic acids is 1. The van der Waals surface area contributed by atoms with Crippen molar-refractivity contribution in [2.24, 2.45) is 0 Å². The van der Waals surface area contributed by atoms with E-state index >= 15 is 0 Å². The zero-order valence-electron chi connectivity index (χ0n) is 20.0. The van der Waals surface area contributed by atoms with Gasteiger partial charge >= 0.3 is 0 Å². The van der Waals surface area contributed by atoms with Crippen LogP contribution < -0.4 is 0 Å². The lowest BCUT2D eigenvalue weighted by Gasteiger charge is -2.39. The topological polar surface area (TPSA) is 66.9 Å². The van der Waals surface area contributed by atoms with Crippen LogP contribution in [0, 0.1) is 0 Å². The summed E-state index contributed by atoms with van der Waals surface area (Å²) in [7, 11) is -2.09. The van der Waals surface area contributed by atoms with Crippen molar-refractivity contribution >= 4 is 15.9 Å². The molecule has 1 fully saturated rings. The van der Waals surface area contributed by atoms with Crippen LogP contribution in [0.2, 0.25) is 0 Å². The molecule has 0 aliphatic carbocycles. The molecule has 0 saturated carbocycles. The highest BCUT2D eigenvalue weighted by Gasteiger charge is 2.36. The van der Waals surface area contributed by atoms with Gasteiger partial charge in [0.2, 0.25) is 15.9 Å². The Kier molecular flexibility index (Phi) is 8.33. The maximum Gasteiger partial charge on any atom is 0.243 e. The number of hydrogen-bond acceptors (Lipinski definition) is 4. The van der Waals surface area contributed by atoms with Crippen LogP contribution in [0.5, 0.6) is 0 Å². The monoisotopic (exact) mass is 492 g/mol. The van der Waals surface area contributed by atoms with E-state index in [1.165, 1.54) is 0 Å². The van der Waals surface area contributed by atoms with Gasteiger partial charge in [0.05, 0.1) is 17.4 Å². The second kappa shape index (κ2) is 11.6. The van der Waals surface area contributed by atoms with Crippen molar-refractivity contribution in [1.29, 1.82) is 0 Å². The van der Waals surface area contributed by atoms with Crippen molar-refractivity contribution in [2.45, 2.75) is 29.7 Å². The van der Waals surface area contributed by atoms with Gasteiger partial charge in [0.25, 0.3) is 0 Å². The SMILES string of the molecule is COCCN(C1CCN(C(=O)C(c2ccccc2)c2ccccc2)CC1)S(=O)(=O)c1ccccc1. The average Bonchev–Trinajstić information content (AvgIpc) is 2.91. The van der Waals surface area contributed by atoms with Crippen molar-refractivity contribution in [3.05, 3.63) is 102 Å². The second-order valence-electron chi connectivity index (χ2n) is 8.73. The molecule has 7 heteroatoms. The summed E-state index contributed by atoms with van der Waals surface area (Å²) < 4.78 is 33.6. The molecule has 3 aromatic carbocycles. The molecular formula is C28H32N2O4S. The van der Waals surface area contributed by atoms with Crippen molar-refractivity contribution in [3.63, 3.8) is 0 Å². The number of sulfonamides is 1. The molecule has 0 N–H and O–H groups in total. The molecule has 35 heavy (non-hydrogen) atoms. The Bertz CT molecular complexity index is 1140. The van der Waals surface area contributed by atoms with Crippen LogP contribution in [0.25, 0.3) is 0 Å². The highest BCUT2D eigenvalue weighted by Crippen LogP contribution is 2.30. The summed E-state index contributed by atoms with van der Waals surface area (Å²) in [5.74, 6) is -0.332. The molecule has 0 bridgehead atoms. The van der Waals surface area contributed by atoms with Gasteiger partial charge in [-0.2, -0.15) is 4.31 Å². The van der Waals surface area contributed by atoms with Gasteiger partial charge in [0.1, 0.15) is 0 Å². The molecule has 4 rings (SSSR count). The summed E-state index contributed by atoms with van der Waals surface area (Å²) >= 11 is 0. The van der Waals surface area contributed by atoms with E-state index in [-0.39, 0.29) is 29.3 Å². The molecule has 0 radical (unpaired) electrons. The molecule has 0 atom stereocenters. The van der Waals surface area contributed by atoms with Crippen molar-refractivity contribution in [1.82, 2.24) is 9.21 Å². The number of benzene rings is 3. The summed E-state index contributed by atoms with van der Waals surface area (Å²) in [6.45, 7) is 1.61. The highest BCUT2D eigenvalue weighted by atomic mass is 32.2. The van der Waals surface area contributed by atoms with Crippen LogP contribution in [-0.4, -0.2) is 62.9 Å². The number of methoxy groups -OCH3 is 1. The zero-order chi connectivity index (χ0) is 24.7. The number of nitrogens with zero attached hydrogens (tertiary/aromatic N) is 2. The van der Waals surface area contributed by atoms with Crippen LogP contribution in [0.1, 0.15) is 29.9 Å². The van der Waals surface area contributed by atoms with Crippen molar-refractivity contribution in [2.75, 3.05) is 33.4 Å². The fourth-order valence-corrected chi connectivity index (χ4v) is 6.42. The van der Waals surface area contributed by atoms with Gasteiger partial charge in [-0.05, 0) is 36.1 Å². The maximum atomic E-state index is 13.7. The first-order chi connectivity index (χ1) is 17.0. The van der Waals surface area contributed by atoms with E-state index in [1.54, 1.807) is 41.7 Å². The van der Waals surface area contributed by atoms with E-state index in [9.17, 15) is 13.2 Å². The molecule has 1 amide bonds. The summed E-state index contributed by atoms with van der Waals surface area (Å²) in [6.07, 6.45) is 1.16. The number of likely N-dealkylation sites (tertiary alicyclic amines) is 1. The van der Waals surface area contributed by atoms with Crippen LogP contribution in [0.15, 0.2) is 95.9 Å². The lowest BCUT2D eigenvalue weighted by molar-refractivity contribution is -0.133. The fourth-order valence-electron chi connectivity index (χ4n) is 4.73. The number of piperidine rings is 1. The normalized spacial score (nSPS) is 15.0. The Labute approximate surface area is 208 Å². The van der Waals surface area contributed by atoms with Gasteiger partial charge in [-0.1, -0.05) is 78.9 Å². The predicted octanol–water partition coefficient (Wildman–Crippen LogP) is 4.15. The first-order valence-corrected chi connectivity index (χ1v) is 13.4. The first kappa shape index (κ1) is 25.1. The van der Waals surface area contributed by atoms with E-state index in [0.717, 1.165) is 11.1 Å². The number of carbonyl (C=O) groups is 1. The molecule has 1 saturated heterocycles. The largest absolute Gasteiger partial charge is 0.383 e. The lowest BCUT2D eigenvalue weighted by Crippen LogP contribution is -2.50. The Morgan fingerprint density at radius 2 is 1.37 bits per heavy atom. The molecular weight excluding hydrogens is 460 g/mol. The molecule has 0 aromatic heterocycles. The molecule has 3 aromatic rings. The van der Waals surface area contributed by atoms with E-state index in [1.807, 2.05) is 65.6 Å². The lowest BCUT2D eigenvalue weighted by atomic mass is 9.89. The maximum absolute atomic E-state index is 13.7. The molecule has 1 aliphatic heterocycles. The van der Waals surface area contributed by atoms with Crippen LogP contribution in [0.3, 0.4) is 0 Å². The number of hydrogen-bond donors (Lipinski definition) is 0. The molecule has 184 valence electrons. The Balaban J connectivity index is 1.52. The van der Waals surface area contributed by atoms with E-state index in [4.69, 9.17) is 4.74 Å². The van der Waals surface area contributed by atoms with Crippen LogP contribution >= 0.6 is 0 Å². The summed E-state index contributed by atoms with van der Waals surface area (Å²) in [5.41, 5.74) is 1.92. The minimum Gasteiger partial charge on any atom is -0.383 e. The number of ether oxygens (including phenoxy) is 1. The van der Waals surface area contributed by atoms with Gasteiger partial charge in [0, 0.05) is 32.8 Å². The highest BCUT2D eigenvalue weighted by molar-refractivity contribution is 7.89. The summed E-state index contributed by atoms with van der Waals surface area (Å²) in [6, 6.07) is 28.0. The Morgan fingerprint density at radius 1 is 0.886 bits per heavy atom. The Morgan fingerprint density at radius 3 is 1.86 bits per heavy atom. The number of rotatable bonds is 9. The third-order valence-electron chi connectivity index (χ3n) is 6.56. The third kappa shape index (κ3) is 5.81. The van der Waals surface area contributed by atoms with Gasteiger partial charge in [-0.15, -0.1) is 0 Å². The van der Waals surface area contributed by atoms with E-state index < -0.39 is 10.0 Å². The van der Waals surface area contributed by atoms with Crippen molar-refractivity contribution < 1.29 is 17.9 Å². The van der Waals surface area contributed by atoms with Crippen molar-refractivity contribution in [3.8, 4) is 0 Å². The van der Waals surface area contributed by atoms with Gasteiger partial charge < -0.3 is 9.64 Å². The fraction of sp³-hybridized carbons (Fsp3) is 0.321. The van der Waals surface area contributed by atoms with Gasteiger partial charge in [0.15, 0.2) is 0 Å². The predicted molar refractivity (Wildman–Crippen MR) is 137 cm³/mol. The third-order valence-corrected chi connectivity index (χ3v) is 8.53. The molecule has 1 aliphatic rings. The minimum absolute atomic E-state index is 0.0511.